The molecule has 1 amide bonds. The van der Waals surface area contributed by atoms with Crippen LogP contribution in [0.25, 0.3) is 6.08 Å². The second kappa shape index (κ2) is 10.6. The highest BCUT2D eigenvalue weighted by Crippen LogP contribution is 2.36. The molecular formula is C26H20FNO4S2. The van der Waals surface area contributed by atoms with Gasteiger partial charge in [0.2, 0.25) is 0 Å². The monoisotopic (exact) mass is 493 g/mol. The molecule has 0 radical (unpaired) electrons. The molecule has 8 heteroatoms. The Morgan fingerprint density at radius 2 is 1.79 bits per heavy atom. The number of nitrogens with zero attached hydrogens (tertiary/aromatic N) is 1. The van der Waals surface area contributed by atoms with Crippen LogP contribution in [-0.2, 0) is 11.3 Å². The molecular weight excluding hydrogens is 473 g/mol. The van der Waals surface area contributed by atoms with Crippen molar-refractivity contribution in [2.45, 2.75) is 13.5 Å². The Bertz CT molecular complexity index is 1280. The largest absolute Gasteiger partial charge is 0.490 e. The second-order valence-corrected chi connectivity index (χ2v) is 8.94. The minimum Gasteiger partial charge on any atom is -0.490 e. The highest BCUT2D eigenvalue weighted by molar-refractivity contribution is 8.26. The number of hydrogen-bond donors (Lipinski definition) is 0. The van der Waals surface area contributed by atoms with Gasteiger partial charge in [-0.3, -0.25) is 9.69 Å². The average Bonchev–Trinajstić information content (AvgIpc) is 3.09. The number of benzene rings is 3. The maximum atomic E-state index is 13.9. The summed E-state index contributed by atoms with van der Waals surface area (Å²) >= 11 is 6.65. The molecule has 0 saturated carbocycles. The summed E-state index contributed by atoms with van der Waals surface area (Å²) in [4.78, 5) is 27.4. The summed E-state index contributed by atoms with van der Waals surface area (Å²) in [6.07, 6.45) is 1.72. The quantitative estimate of drug-likeness (QED) is 0.178. The van der Waals surface area contributed by atoms with E-state index in [0.717, 1.165) is 5.56 Å². The third kappa shape index (κ3) is 5.35. The van der Waals surface area contributed by atoms with Gasteiger partial charge >= 0.3 is 5.97 Å². The van der Waals surface area contributed by atoms with Crippen LogP contribution in [-0.4, -0.2) is 27.7 Å². The van der Waals surface area contributed by atoms with Gasteiger partial charge in [-0.05, 0) is 48.4 Å². The highest BCUT2D eigenvalue weighted by Gasteiger charge is 2.32. The molecule has 0 aliphatic carbocycles. The number of esters is 1. The van der Waals surface area contributed by atoms with E-state index in [1.54, 1.807) is 42.2 Å². The zero-order valence-electron chi connectivity index (χ0n) is 18.2. The highest BCUT2D eigenvalue weighted by atomic mass is 32.2. The lowest BCUT2D eigenvalue weighted by molar-refractivity contribution is -0.122. The minimum absolute atomic E-state index is 0.156. The Labute approximate surface area is 206 Å². The summed E-state index contributed by atoms with van der Waals surface area (Å²) in [7, 11) is 0. The summed E-state index contributed by atoms with van der Waals surface area (Å²) in [6, 6.07) is 20.1. The van der Waals surface area contributed by atoms with Crippen LogP contribution in [0, 0.1) is 5.82 Å². The normalized spacial score (nSPS) is 14.5. The zero-order chi connectivity index (χ0) is 24.1. The summed E-state index contributed by atoms with van der Waals surface area (Å²) in [6.45, 7) is 2.52. The topological polar surface area (TPSA) is 55.8 Å². The van der Waals surface area contributed by atoms with E-state index in [0.29, 0.717) is 33.7 Å². The van der Waals surface area contributed by atoms with Crippen molar-refractivity contribution in [1.82, 2.24) is 4.90 Å². The summed E-state index contributed by atoms with van der Waals surface area (Å²) in [5, 5.41) is 0. The fourth-order valence-electron chi connectivity index (χ4n) is 3.30. The molecule has 3 aromatic rings. The number of rotatable bonds is 7. The van der Waals surface area contributed by atoms with Crippen LogP contribution in [0.2, 0.25) is 0 Å². The number of carbonyl (C=O) groups excluding carboxylic acids is 2. The van der Waals surface area contributed by atoms with Crippen LogP contribution >= 0.6 is 24.0 Å². The number of carbonyl (C=O) groups is 2. The number of thiocarbonyl (C=S) groups is 1. The zero-order valence-corrected chi connectivity index (χ0v) is 19.8. The minimum atomic E-state index is -0.825. The van der Waals surface area contributed by atoms with E-state index in [1.807, 2.05) is 30.3 Å². The molecule has 1 aliphatic rings. The van der Waals surface area contributed by atoms with Crippen molar-refractivity contribution >= 4 is 46.3 Å². The first kappa shape index (κ1) is 23.7. The van der Waals surface area contributed by atoms with Gasteiger partial charge < -0.3 is 9.47 Å². The predicted molar refractivity (Wildman–Crippen MR) is 134 cm³/mol. The molecule has 0 atom stereocenters. The lowest BCUT2D eigenvalue weighted by atomic mass is 10.1. The molecule has 5 nitrogen and oxygen atoms in total. The maximum Gasteiger partial charge on any atom is 0.346 e. The lowest BCUT2D eigenvalue weighted by Crippen LogP contribution is -2.27. The Hall–Kier alpha value is -3.49. The van der Waals surface area contributed by atoms with Crippen molar-refractivity contribution in [3.05, 3.63) is 100 Å². The molecule has 0 bridgehead atoms. The number of thioether (sulfide) groups is 1. The number of amides is 1. The molecule has 0 unspecified atom stereocenters. The number of halogens is 1. The van der Waals surface area contributed by atoms with Crippen LogP contribution in [0.5, 0.6) is 11.5 Å². The van der Waals surface area contributed by atoms with E-state index in [4.69, 9.17) is 21.7 Å². The van der Waals surface area contributed by atoms with Gasteiger partial charge in [-0.25, -0.2) is 9.18 Å². The molecule has 1 fully saturated rings. The molecule has 172 valence electrons. The van der Waals surface area contributed by atoms with Crippen molar-refractivity contribution in [1.29, 1.82) is 0 Å². The Balaban J connectivity index is 1.55. The molecule has 1 aliphatic heterocycles. The molecule has 3 aromatic carbocycles. The fourth-order valence-corrected chi connectivity index (χ4v) is 4.56. The molecule has 0 spiro atoms. The molecule has 1 heterocycles. The lowest BCUT2D eigenvalue weighted by Gasteiger charge is -2.14. The van der Waals surface area contributed by atoms with Crippen molar-refractivity contribution in [3.8, 4) is 11.5 Å². The van der Waals surface area contributed by atoms with Gasteiger partial charge in [0.25, 0.3) is 5.91 Å². The van der Waals surface area contributed by atoms with Crippen molar-refractivity contribution < 1.29 is 23.5 Å². The van der Waals surface area contributed by atoms with Crippen molar-refractivity contribution in [2.24, 2.45) is 0 Å². The third-order valence-electron chi connectivity index (χ3n) is 4.92. The van der Waals surface area contributed by atoms with E-state index in [-0.39, 0.29) is 17.2 Å². The van der Waals surface area contributed by atoms with Gasteiger partial charge in [-0.1, -0.05) is 72.5 Å². The fraction of sp³-hybridized carbons (Fsp3) is 0.115. The van der Waals surface area contributed by atoms with E-state index in [1.165, 1.54) is 30.0 Å². The van der Waals surface area contributed by atoms with Crippen molar-refractivity contribution in [3.63, 3.8) is 0 Å². The standard InChI is InChI=1S/C26H20FNO4S2/c1-2-31-22-14-18(12-13-21(22)32-25(30)19-10-6-7-11-20(19)27)15-23-24(29)28(26(33)34-23)16-17-8-4-3-5-9-17/h3-15H,2,16H2,1H3/b23-15-. The van der Waals surface area contributed by atoms with Crippen LogP contribution < -0.4 is 9.47 Å². The number of ether oxygens (including phenoxy) is 2. The van der Waals surface area contributed by atoms with Crippen LogP contribution in [0.1, 0.15) is 28.4 Å². The van der Waals surface area contributed by atoms with Gasteiger partial charge in [0.05, 0.1) is 23.6 Å². The first-order valence-corrected chi connectivity index (χ1v) is 11.7. The van der Waals surface area contributed by atoms with E-state index < -0.39 is 11.8 Å². The van der Waals surface area contributed by atoms with Gasteiger partial charge in [-0.2, -0.15) is 0 Å². The van der Waals surface area contributed by atoms with E-state index in [2.05, 4.69) is 0 Å². The van der Waals surface area contributed by atoms with Gasteiger partial charge in [-0.15, -0.1) is 0 Å². The van der Waals surface area contributed by atoms with Gasteiger partial charge in [0, 0.05) is 0 Å². The van der Waals surface area contributed by atoms with E-state index in [9.17, 15) is 14.0 Å². The maximum absolute atomic E-state index is 13.9. The molecule has 0 aromatic heterocycles. The SMILES string of the molecule is CCOc1cc(/C=C2\SC(=S)N(Cc3ccccc3)C2=O)ccc1OC(=O)c1ccccc1F. The Kier molecular flexibility index (Phi) is 7.40. The van der Waals surface area contributed by atoms with Crippen molar-refractivity contribution in [2.75, 3.05) is 6.61 Å². The number of hydrogen-bond acceptors (Lipinski definition) is 6. The van der Waals surface area contributed by atoms with Gasteiger partial charge in [0.1, 0.15) is 10.1 Å². The smallest absolute Gasteiger partial charge is 0.346 e. The summed E-state index contributed by atoms with van der Waals surface area (Å²) in [5.74, 6) is -1.20. The Morgan fingerprint density at radius 1 is 1.06 bits per heavy atom. The van der Waals surface area contributed by atoms with Gasteiger partial charge in [0.15, 0.2) is 11.5 Å². The first-order valence-electron chi connectivity index (χ1n) is 10.5. The average molecular weight is 494 g/mol. The third-order valence-corrected chi connectivity index (χ3v) is 6.30. The van der Waals surface area contributed by atoms with Crippen LogP contribution in [0.4, 0.5) is 4.39 Å². The first-order chi connectivity index (χ1) is 16.5. The molecule has 1 saturated heterocycles. The van der Waals surface area contributed by atoms with Crippen LogP contribution in [0.3, 0.4) is 0 Å². The summed E-state index contributed by atoms with van der Waals surface area (Å²) < 4.78 is 25.4. The Morgan fingerprint density at radius 3 is 2.53 bits per heavy atom. The second-order valence-electron chi connectivity index (χ2n) is 7.26. The predicted octanol–water partition coefficient (Wildman–Crippen LogP) is 5.85. The van der Waals surface area contributed by atoms with Crippen LogP contribution in [0.15, 0.2) is 77.7 Å². The molecule has 4 rings (SSSR count). The summed E-state index contributed by atoms with van der Waals surface area (Å²) in [5.41, 5.74) is 1.49. The van der Waals surface area contributed by atoms with E-state index >= 15 is 0 Å². The molecule has 34 heavy (non-hydrogen) atoms. The molecule has 0 N–H and O–H groups in total.